The van der Waals surface area contributed by atoms with Gasteiger partial charge in [0.25, 0.3) is 0 Å². The average molecular weight is 301 g/mol. The largest absolute Gasteiger partial charge is 0.342 e. The number of halogens is 1. The van der Waals surface area contributed by atoms with E-state index in [-0.39, 0.29) is 23.1 Å². The predicted molar refractivity (Wildman–Crippen MR) is 81.3 cm³/mol. The van der Waals surface area contributed by atoms with Crippen molar-refractivity contribution in [1.29, 1.82) is 0 Å². The average Bonchev–Trinajstić information content (AvgIpc) is 2.30. The van der Waals surface area contributed by atoms with E-state index in [0.29, 0.717) is 6.54 Å². The minimum Gasteiger partial charge on any atom is -0.342 e. The van der Waals surface area contributed by atoms with Crippen molar-refractivity contribution in [2.24, 2.45) is 11.3 Å². The maximum Gasteiger partial charge on any atom is 0.246 e. The van der Waals surface area contributed by atoms with Gasteiger partial charge >= 0.3 is 0 Å². The zero-order valence-corrected chi connectivity index (χ0v) is 13.9. The third-order valence-corrected chi connectivity index (χ3v) is 3.87. The first-order valence-electron chi connectivity index (χ1n) is 6.96. The number of amides is 2. The van der Waals surface area contributed by atoms with Crippen LogP contribution in [0.15, 0.2) is 11.1 Å². The van der Waals surface area contributed by atoms with Gasteiger partial charge in [-0.25, -0.2) is 0 Å². The molecule has 2 unspecified atom stereocenters. The number of hydrogen-bond donors (Lipinski definition) is 1. The Bertz CT molecular complexity index is 424. The van der Waals surface area contributed by atoms with Crippen LogP contribution in [0.5, 0.6) is 0 Å². The molecule has 1 fully saturated rings. The smallest absolute Gasteiger partial charge is 0.246 e. The monoisotopic (exact) mass is 300 g/mol. The summed E-state index contributed by atoms with van der Waals surface area (Å²) in [5, 5.41) is 2.86. The van der Waals surface area contributed by atoms with Crippen molar-refractivity contribution < 1.29 is 9.59 Å². The highest BCUT2D eigenvalue weighted by molar-refractivity contribution is 6.25. The molecule has 0 bridgehead atoms. The van der Waals surface area contributed by atoms with E-state index in [4.69, 9.17) is 11.6 Å². The molecule has 0 aromatic heterocycles. The quantitative estimate of drug-likeness (QED) is 0.871. The van der Waals surface area contributed by atoms with E-state index in [9.17, 15) is 9.59 Å². The van der Waals surface area contributed by atoms with Gasteiger partial charge in [0.05, 0.1) is 0 Å². The highest BCUT2D eigenvalue weighted by Crippen LogP contribution is 2.29. The number of carbonyl (C=O) groups excluding carboxylic acids is 2. The summed E-state index contributed by atoms with van der Waals surface area (Å²) in [6, 6.07) is -0.930. The Balaban J connectivity index is 3.17. The molecule has 2 atom stereocenters. The molecular formula is C15H25ClN2O2. The summed E-state index contributed by atoms with van der Waals surface area (Å²) < 4.78 is 0. The second kappa shape index (κ2) is 6.17. The lowest BCUT2D eigenvalue weighted by atomic mass is 9.82. The van der Waals surface area contributed by atoms with Gasteiger partial charge in [-0.2, -0.15) is 0 Å². The molecule has 1 aliphatic heterocycles. The highest BCUT2D eigenvalue weighted by atomic mass is 35.5. The maximum absolute atomic E-state index is 12.7. The summed E-state index contributed by atoms with van der Waals surface area (Å²) in [4.78, 5) is 26.8. The summed E-state index contributed by atoms with van der Waals surface area (Å²) in [7, 11) is 0. The lowest BCUT2D eigenvalue weighted by Crippen LogP contribution is -2.68. The number of nitrogens with zero attached hydrogens (tertiary/aromatic N) is 1. The van der Waals surface area contributed by atoms with Gasteiger partial charge in [-0.05, 0) is 23.8 Å². The van der Waals surface area contributed by atoms with Crippen LogP contribution in [0.1, 0.15) is 41.5 Å². The second-order valence-electron chi connectivity index (χ2n) is 6.92. The lowest BCUT2D eigenvalue weighted by molar-refractivity contribution is -0.154. The van der Waals surface area contributed by atoms with Crippen LogP contribution in [0.2, 0.25) is 0 Å². The van der Waals surface area contributed by atoms with Gasteiger partial charge in [-0.3, -0.25) is 9.59 Å². The third-order valence-electron chi connectivity index (χ3n) is 3.50. The molecule has 1 rings (SSSR count). The van der Waals surface area contributed by atoms with Crippen molar-refractivity contribution >= 4 is 23.4 Å². The predicted octanol–water partition coefficient (Wildman–Crippen LogP) is 2.53. The molecule has 0 radical (unpaired) electrons. The Morgan fingerprint density at radius 3 is 2.35 bits per heavy atom. The molecular weight excluding hydrogens is 276 g/mol. The molecule has 1 N–H and O–H groups in total. The highest BCUT2D eigenvalue weighted by Gasteiger charge is 2.46. The SMILES string of the molecule is CC(=CCl)CN1C(=O)C(C(C)C)NC(=O)C1C(C)(C)C. The first kappa shape index (κ1) is 17.0. The first-order chi connectivity index (χ1) is 9.09. The van der Waals surface area contributed by atoms with Gasteiger partial charge < -0.3 is 10.2 Å². The van der Waals surface area contributed by atoms with Crippen molar-refractivity contribution in [2.75, 3.05) is 6.54 Å². The molecule has 0 spiro atoms. The lowest BCUT2D eigenvalue weighted by Gasteiger charge is -2.45. The molecule has 1 aliphatic rings. The Labute approximate surface area is 126 Å². The van der Waals surface area contributed by atoms with Crippen LogP contribution in [0, 0.1) is 11.3 Å². The Kier molecular flexibility index (Phi) is 5.25. The number of carbonyl (C=O) groups is 2. The first-order valence-corrected chi connectivity index (χ1v) is 7.40. The standard InChI is InChI=1S/C15H25ClN2O2/c1-9(2)11-14(20)18(8-10(3)7-16)12(13(19)17-11)15(4,5)6/h7,9,11-12H,8H2,1-6H3,(H,17,19). The zero-order valence-electron chi connectivity index (χ0n) is 13.2. The molecule has 0 aliphatic carbocycles. The van der Waals surface area contributed by atoms with Gasteiger partial charge in [-0.15, -0.1) is 0 Å². The van der Waals surface area contributed by atoms with E-state index in [2.05, 4.69) is 5.32 Å². The number of piperazine rings is 1. The van der Waals surface area contributed by atoms with Gasteiger partial charge in [0.15, 0.2) is 0 Å². The van der Waals surface area contributed by atoms with Crippen LogP contribution in [0.4, 0.5) is 0 Å². The van der Waals surface area contributed by atoms with Crippen molar-refractivity contribution in [1.82, 2.24) is 10.2 Å². The molecule has 0 aromatic rings. The summed E-state index contributed by atoms with van der Waals surface area (Å²) in [5.74, 6) is -0.0503. The van der Waals surface area contributed by atoms with E-state index in [1.54, 1.807) is 4.90 Å². The van der Waals surface area contributed by atoms with E-state index in [0.717, 1.165) is 5.57 Å². The fourth-order valence-corrected chi connectivity index (χ4v) is 2.60. The van der Waals surface area contributed by atoms with Crippen LogP contribution in [-0.4, -0.2) is 35.3 Å². The van der Waals surface area contributed by atoms with E-state index < -0.39 is 12.1 Å². The molecule has 2 amide bonds. The molecule has 0 saturated carbocycles. The molecule has 20 heavy (non-hydrogen) atoms. The van der Waals surface area contributed by atoms with E-state index in [1.165, 1.54) is 5.54 Å². The van der Waals surface area contributed by atoms with Crippen molar-refractivity contribution in [3.63, 3.8) is 0 Å². The van der Waals surface area contributed by atoms with Gasteiger partial charge in [0.1, 0.15) is 12.1 Å². The van der Waals surface area contributed by atoms with Gasteiger partial charge in [0, 0.05) is 12.1 Å². The minimum atomic E-state index is -0.475. The normalized spacial score (nSPS) is 25.2. The van der Waals surface area contributed by atoms with Crippen LogP contribution >= 0.6 is 11.6 Å². The van der Waals surface area contributed by atoms with Crippen molar-refractivity contribution in [2.45, 2.75) is 53.6 Å². The summed E-state index contributed by atoms with van der Waals surface area (Å²) >= 11 is 5.72. The van der Waals surface area contributed by atoms with Crippen LogP contribution < -0.4 is 5.32 Å². The van der Waals surface area contributed by atoms with E-state index in [1.807, 2.05) is 41.5 Å². The number of rotatable bonds is 3. The van der Waals surface area contributed by atoms with Gasteiger partial charge in [0.2, 0.25) is 11.8 Å². The zero-order chi connectivity index (χ0) is 15.7. The molecule has 5 heteroatoms. The Hall–Kier alpha value is -1.03. The Morgan fingerprint density at radius 2 is 1.95 bits per heavy atom. The number of nitrogens with one attached hydrogen (secondary N) is 1. The summed E-state index contributed by atoms with van der Waals surface area (Å²) in [6.07, 6.45) is 0. The summed E-state index contributed by atoms with van der Waals surface area (Å²) in [6.45, 7) is 12.0. The fourth-order valence-electron chi connectivity index (χ4n) is 2.53. The van der Waals surface area contributed by atoms with Crippen LogP contribution in [0.25, 0.3) is 0 Å². The van der Waals surface area contributed by atoms with Crippen molar-refractivity contribution in [3.8, 4) is 0 Å². The molecule has 114 valence electrons. The maximum atomic E-state index is 12.7. The molecule has 1 saturated heterocycles. The topological polar surface area (TPSA) is 49.4 Å². The van der Waals surface area contributed by atoms with Crippen LogP contribution in [0.3, 0.4) is 0 Å². The van der Waals surface area contributed by atoms with Crippen molar-refractivity contribution in [3.05, 3.63) is 11.1 Å². The minimum absolute atomic E-state index is 0.0302. The van der Waals surface area contributed by atoms with E-state index >= 15 is 0 Å². The molecule has 4 nitrogen and oxygen atoms in total. The molecule has 1 heterocycles. The molecule has 0 aromatic carbocycles. The second-order valence-corrected chi connectivity index (χ2v) is 7.14. The number of hydrogen-bond acceptors (Lipinski definition) is 2. The van der Waals surface area contributed by atoms with Crippen LogP contribution in [-0.2, 0) is 9.59 Å². The third kappa shape index (κ3) is 3.54. The van der Waals surface area contributed by atoms with Gasteiger partial charge in [-0.1, -0.05) is 46.2 Å². The summed E-state index contributed by atoms with van der Waals surface area (Å²) in [5.41, 5.74) is 2.00. The Morgan fingerprint density at radius 1 is 1.40 bits per heavy atom. The fraction of sp³-hybridized carbons (Fsp3) is 0.733.